The van der Waals surface area contributed by atoms with Crippen LogP contribution in [0.5, 0.6) is 0 Å². The van der Waals surface area contributed by atoms with Crippen molar-refractivity contribution in [2.24, 2.45) is 11.8 Å². The maximum atomic E-state index is 13.3. The van der Waals surface area contributed by atoms with Gasteiger partial charge in [-0.2, -0.15) is 0 Å². The molecule has 3 aromatic rings. The average molecular weight is 472 g/mol. The number of likely N-dealkylation sites (tertiary alicyclic amines) is 1. The summed E-state index contributed by atoms with van der Waals surface area (Å²) in [5.41, 5.74) is 5.31. The number of allylic oxidation sites excluding steroid dienone is 1. The van der Waals surface area contributed by atoms with E-state index in [9.17, 15) is 9.90 Å². The number of para-hydroxylation sites is 2. The largest absolute Gasteiger partial charge is 0.393 e. The standard InChI is InChI=1S/C30H37N3O2/c1-20(2)8-10-24-18-25(11-9-21(24)3)30(35)32-14-12-23(13-15-32)29-31-27-6-4-5-7-28(27)33(29)19-22-16-26(34)17-22/h4-11,18,20,22-23,26,34H,12-17,19H2,1-3H3/b10-8-. The third kappa shape index (κ3) is 5.06. The number of nitrogens with zero attached hydrogens (tertiary/aromatic N) is 3. The highest BCUT2D eigenvalue weighted by molar-refractivity contribution is 5.95. The Labute approximate surface area is 208 Å². The van der Waals surface area contributed by atoms with Crippen LogP contribution in [0.1, 0.15) is 72.8 Å². The van der Waals surface area contributed by atoms with Gasteiger partial charge in [-0.1, -0.05) is 44.2 Å². The fourth-order valence-corrected chi connectivity index (χ4v) is 5.48. The first-order valence-corrected chi connectivity index (χ1v) is 13.1. The number of hydrogen-bond acceptors (Lipinski definition) is 3. The number of imidazole rings is 1. The van der Waals surface area contributed by atoms with Crippen LogP contribution in [-0.2, 0) is 6.54 Å². The predicted molar refractivity (Wildman–Crippen MR) is 141 cm³/mol. The molecule has 0 atom stereocenters. The van der Waals surface area contributed by atoms with Crippen molar-refractivity contribution in [3.05, 3.63) is 71.1 Å². The molecule has 1 amide bonds. The Bertz CT molecular complexity index is 1230. The van der Waals surface area contributed by atoms with Crippen LogP contribution < -0.4 is 0 Å². The smallest absolute Gasteiger partial charge is 0.253 e. The molecule has 1 aliphatic heterocycles. The zero-order valence-corrected chi connectivity index (χ0v) is 21.2. The zero-order valence-electron chi connectivity index (χ0n) is 21.2. The summed E-state index contributed by atoms with van der Waals surface area (Å²) in [6.45, 7) is 8.83. The van der Waals surface area contributed by atoms with Crippen molar-refractivity contribution in [3.8, 4) is 0 Å². The molecule has 1 N–H and O–H groups in total. The molecule has 1 saturated heterocycles. The van der Waals surface area contributed by atoms with Crippen molar-refractivity contribution in [2.75, 3.05) is 13.1 Å². The van der Waals surface area contributed by atoms with Gasteiger partial charge in [-0.3, -0.25) is 4.79 Å². The number of piperidine rings is 1. The molecule has 1 aliphatic carbocycles. The van der Waals surface area contributed by atoms with Crippen LogP contribution in [0.25, 0.3) is 17.1 Å². The van der Waals surface area contributed by atoms with Crippen molar-refractivity contribution in [2.45, 2.75) is 65.0 Å². The second-order valence-electron chi connectivity index (χ2n) is 10.8. The van der Waals surface area contributed by atoms with Gasteiger partial charge in [-0.25, -0.2) is 4.98 Å². The average Bonchev–Trinajstić information content (AvgIpc) is 3.20. The van der Waals surface area contributed by atoms with Gasteiger partial charge in [0, 0.05) is 31.1 Å². The highest BCUT2D eigenvalue weighted by atomic mass is 16.3. The number of rotatable bonds is 6. The van der Waals surface area contributed by atoms with Crippen molar-refractivity contribution in [1.82, 2.24) is 14.5 Å². The summed E-state index contributed by atoms with van der Waals surface area (Å²) in [7, 11) is 0. The second-order valence-corrected chi connectivity index (χ2v) is 10.8. The maximum absolute atomic E-state index is 13.3. The number of carbonyl (C=O) groups excluding carboxylic acids is 1. The van der Waals surface area contributed by atoms with Gasteiger partial charge >= 0.3 is 0 Å². The first kappa shape index (κ1) is 23.8. The Balaban J connectivity index is 1.30. The number of benzene rings is 2. The van der Waals surface area contributed by atoms with E-state index in [2.05, 4.69) is 61.8 Å². The highest BCUT2D eigenvalue weighted by Crippen LogP contribution is 2.35. The van der Waals surface area contributed by atoms with E-state index in [4.69, 9.17) is 4.98 Å². The number of aryl methyl sites for hydroxylation is 1. The summed E-state index contributed by atoms with van der Waals surface area (Å²) in [6.07, 6.45) is 7.78. The predicted octanol–water partition coefficient (Wildman–Crippen LogP) is 5.80. The lowest BCUT2D eigenvalue weighted by molar-refractivity contribution is 0.0351. The van der Waals surface area contributed by atoms with Crippen molar-refractivity contribution in [3.63, 3.8) is 0 Å². The Morgan fingerprint density at radius 2 is 1.89 bits per heavy atom. The van der Waals surface area contributed by atoms with Crippen molar-refractivity contribution in [1.29, 1.82) is 0 Å². The normalized spacial score (nSPS) is 21.2. The summed E-state index contributed by atoms with van der Waals surface area (Å²) < 4.78 is 2.39. The molecule has 5 nitrogen and oxygen atoms in total. The molecular weight excluding hydrogens is 434 g/mol. The molecule has 1 saturated carbocycles. The van der Waals surface area contributed by atoms with E-state index >= 15 is 0 Å². The van der Waals surface area contributed by atoms with E-state index in [0.717, 1.165) is 67.8 Å². The molecule has 2 fully saturated rings. The van der Waals surface area contributed by atoms with Crippen LogP contribution in [0.15, 0.2) is 48.5 Å². The third-order valence-electron chi connectivity index (χ3n) is 7.67. The molecule has 5 heteroatoms. The van der Waals surface area contributed by atoms with E-state index in [-0.39, 0.29) is 12.0 Å². The molecule has 35 heavy (non-hydrogen) atoms. The molecule has 2 aliphatic rings. The van der Waals surface area contributed by atoms with Crippen LogP contribution in [0.4, 0.5) is 0 Å². The lowest BCUT2D eigenvalue weighted by atomic mass is 9.82. The van der Waals surface area contributed by atoms with Crippen LogP contribution in [-0.4, -0.2) is 44.7 Å². The first-order valence-electron chi connectivity index (χ1n) is 13.1. The molecule has 1 aromatic heterocycles. The third-order valence-corrected chi connectivity index (χ3v) is 7.67. The van der Waals surface area contributed by atoms with Gasteiger partial charge in [0.1, 0.15) is 5.82 Å². The topological polar surface area (TPSA) is 58.4 Å². The van der Waals surface area contributed by atoms with Gasteiger partial charge in [0.2, 0.25) is 0 Å². The molecule has 2 heterocycles. The Morgan fingerprint density at radius 3 is 2.60 bits per heavy atom. The summed E-state index contributed by atoms with van der Waals surface area (Å²) >= 11 is 0. The number of amides is 1. The highest BCUT2D eigenvalue weighted by Gasteiger charge is 2.32. The molecule has 0 radical (unpaired) electrons. The van der Waals surface area contributed by atoms with Crippen LogP contribution in [0.3, 0.4) is 0 Å². The maximum Gasteiger partial charge on any atom is 0.253 e. The van der Waals surface area contributed by atoms with E-state index in [0.29, 0.717) is 17.8 Å². The SMILES string of the molecule is Cc1ccc(C(=O)N2CCC(c3nc4ccccc4n3CC3CC(O)C3)CC2)cc1/C=C\C(C)C. The zero-order chi connectivity index (χ0) is 24.5. The number of aliphatic hydroxyl groups excluding tert-OH is 1. The van der Waals surface area contributed by atoms with Gasteiger partial charge in [-0.05, 0) is 79.8 Å². The fraction of sp³-hybridized carbons (Fsp3) is 0.467. The van der Waals surface area contributed by atoms with Gasteiger partial charge in [0.05, 0.1) is 17.1 Å². The second kappa shape index (κ2) is 9.98. The number of carbonyl (C=O) groups is 1. The monoisotopic (exact) mass is 471 g/mol. The van der Waals surface area contributed by atoms with Gasteiger partial charge < -0.3 is 14.6 Å². The van der Waals surface area contributed by atoms with E-state index in [1.54, 1.807) is 0 Å². The van der Waals surface area contributed by atoms with Gasteiger partial charge in [-0.15, -0.1) is 0 Å². The number of hydrogen-bond donors (Lipinski definition) is 1. The summed E-state index contributed by atoms with van der Waals surface area (Å²) in [5, 5.41) is 9.77. The Kier molecular flexibility index (Phi) is 6.79. The van der Waals surface area contributed by atoms with Crippen LogP contribution in [0.2, 0.25) is 0 Å². The molecule has 2 aromatic carbocycles. The summed E-state index contributed by atoms with van der Waals surface area (Å²) in [5.74, 6) is 2.62. The molecule has 0 unspecified atom stereocenters. The fourth-order valence-electron chi connectivity index (χ4n) is 5.48. The first-order chi connectivity index (χ1) is 16.9. The van der Waals surface area contributed by atoms with Gasteiger partial charge in [0.25, 0.3) is 5.91 Å². The molecule has 0 spiro atoms. The van der Waals surface area contributed by atoms with Crippen molar-refractivity contribution < 1.29 is 9.90 Å². The molecular formula is C30H37N3O2. The quantitative estimate of drug-likeness (QED) is 0.494. The Hall–Kier alpha value is -2.92. The van der Waals surface area contributed by atoms with Crippen LogP contribution >= 0.6 is 0 Å². The minimum atomic E-state index is -0.143. The van der Waals surface area contributed by atoms with E-state index in [1.807, 2.05) is 23.1 Å². The lowest BCUT2D eigenvalue weighted by Crippen LogP contribution is -2.38. The molecule has 5 rings (SSSR count). The molecule has 184 valence electrons. The number of aromatic nitrogens is 2. The van der Waals surface area contributed by atoms with Crippen molar-refractivity contribution >= 4 is 23.0 Å². The summed E-state index contributed by atoms with van der Waals surface area (Å²) in [4.78, 5) is 20.4. The number of fused-ring (bicyclic) bond motifs is 1. The van der Waals surface area contributed by atoms with E-state index in [1.165, 1.54) is 11.1 Å². The Morgan fingerprint density at radius 1 is 1.14 bits per heavy atom. The molecule has 0 bridgehead atoms. The van der Waals surface area contributed by atoms with E-state index < -0.39 is 0 Å². The number of aliphatic hydroxyl groups is 1. The lowest BCUT2D eigenvalue weighted by Gasteiger charge is -2.34. The van der Waals surface area contributed by atoms with Crippen LogP contribution in [0, 0.1) is 18.8 Å². The van der Waals surface area contributed by atoms with Gasteiger partial charge in [0.15, 0.2) is 0 Å². The minimum Gasteiger partial charge on any atom is -0.393 e. The summed E-state index contributed by atoms with van der Waals surface area (Å²) in [6, 6.07) is 14.4. The minimum absolute atomic E-state index is 0.125.